The Kier molecular flexibility index (Phi) is 6.30. The molecule has 0 radical (unpaired) electrons. The van der Waals surface area contributed by atoms with E-state index in [0.717, 1.165) is 40.9 Å². The van der Waals surface area contributed by atoms with Crippen LogP contribution in [0.15, 0.2) is 60.9 Å². The molecule has 0 saturated carbocycles. The minimum absolute atomic E-state index is 0.175. The lowest BCUT2D eigenvalue weighted by atomic mass is 10.1. The van der Waals surface area contributed by atoms with Crippen molar-refractivity contribution in [3.8, 4) is 17.0 Å². The quantitative estimate of drug-likeness (QED) is 0.338. The highest BCUT2D eigenvalue weighted by Crippen LogP contribution is 2.34. The fourth-order valence-corrected chi connectivity index (χ4v) is 3.45. The molecule has 8 nitrogen and oxygen atoms in total. The number of carbonyl (C=O) groups excluding carboxylic acids is 1. The number of amides is 1. The minimum atomic E-state index is -0.477. The van der Waals surface area contributed by atoms with Crippen molar-refractivity contribution in [2.75, 3.05) is 17.7 Å². The summed E-state index contributed by atoms with van der Waals surface area (Å²) in [6.07, 6.45) is 3.92. The Labute approximate surface area is 186 Å². The number of aromatic nitrogens is 3. The maximum atomic E-state index is 11.8. The van der Waals surface area contributed by atoms with E-state index in [2.05, 4.69) is 15.4 Å². The summed E-state index contributed by atoms with van der Waals surface area (Å²) in [6, 6.07) is 15.2. The van der Waals surface area contributed by atoms with Crippen molar-refractivity contribution in [2.45, 2.75) is 32.9 Å². The van der Waals surface area contributed by atoms with Gasteiger partial charge in [0.05, 0.1) is 29.6 Å². The lowest BCUT2D eigenvalue weighted by Crippen LogP contribution is -2.17. The number of nitrogen functional groups attached to an aromatic ring is 1. The first-order valence-electron chi connectivity index (χ1n) is 10.6. The number of H-pyrrole nitrogens is 1. The summed E-state index contributed by atoms with van der Waals surface area (Å²) in [5.41, 5.74) is 10.4. The van der Waals surface area contributed by atoms with Gasteiger partial charge >= 0.3 is 6.09 Å². The molecular formula is C24H27N5O3. The molecule has 0 saturated heterocycles. The lowest BCUT2D eigenvalue weighted by molar-refractivity contribution is 0.130. The molecule has 0 spiro atoms. The molecule has 166 valence electrons. The number of hydrogen-bond donors (Lipinski definition) is 3. The van der Waals surface area contributed by atoms with Crippen LogP contribution in [0.1, 0.15) is 20.3 Å². The largest absolute Gasteiger partial charge is 0.493 e. The molecule has 0 unspecified atom stereocenters. The number of carbonyl (C=O) groups is 1. The van der Waals surface area contributed by atoms with Gasteiger partial charge in [0.1, 0.15) is 5.75 Å². The Morgan fingerprint density at radius 1 is 1.22 bits per heavy atom. The number of benzene rings is 2. The van der Waals surface area contributed by atoms with Gasteiger partial charge in [0.15, 0.2) is 0 Å². The first-order chi connectivity index (χ1) is 15.5. The van der Waals surface area contributed by atoms with Gasteiger partial charge in [-0.2, -0.15) is 5.10 Å². The Balaban J connectivity index is 1.42. The lowest BCUT2D eigenvalue weighted by Gasteiger charge is -2.10. The summed E-state index contributed by atoms with van der Waals surface area (Å²) >= 11 is 0. The van der Waals surface area contributed by atoms with Crippen molar-refractivity contribution in [1.29, 1.82) is 0 Å². The van der Waals surface area contributed by atoms with Crippen molar-refractivity contribution >= 4 is 28.4 Å². The van der Waals surface area contributed by atoms with Gasteiger partial charge in [-0.15, -0.1) is 0 Å². The van der Waals surface area contributed by atoms with Crippen molar-refractivity contribution in [1.82, 2.24) is 14.8 Å². The summed E-state index contributed by atoms with van der Waals surface area (Å²) in [7, 11) is 0. The first kappa shape index (κ1) is 21.3. The maximum Gasteiger partial charge on any atom is 0.411 e. The third kappa shape index (κ3) is 5.03. The summed E-state index contributed by atoms with van der Waals surface area (Å²) in [6.45, 7) is 5.02. The molecule has 4 aromatic rings. The number of fused-ring (bicyclic) bond motifs is 1. The molecule has 0 fully saturated rings. The molecule has 32 heavy (non-hydrogen) atoms. The van der Waals surface area contributed by atoms with E-state index in [4.69, 9.17) is 15.2 Å². The average molecular weight is 434 g/mol. The fraction of sp³-hybridized carbons (Fsp3) is 0.250. The second-order valence-electron chi connectivity index (χ2n) is 7.75. The van der Waals surface area contributed by atoms with Crippen LogP contribution in [0.2, 0.25) is 0 Å². The molecule has 0 aliphatic rings. The van der Waals surface area contributed by atoms with Crippen LogP contribution < -0.4 is 15.8 Å². The fourth-order valence-electron chi connectivity index (χ4n) is 3.45. The molecule has 4 N–H and O–H groups in total. The van der Waals surface area contributed by atoms with E-state index < -0.39 is 6.09 Å². The van der Waals surface area contributed by atoms with Gasteiger partial charge in [-0.05, 0) is 44.2 Å². The number of hydrogen-bond acceptors (Lipinski definition) is 5. The standard InChI is InChI=1S/C24H27N5O3/c1-16(2)32-24(30)27-18-7-5-17(6-8-18)23-22(25)20-10-9-19(15-21(20)28-23)31-14-4-13-29-12-3-11-26-29/h3,5-12,15-16,28H,4,13-14,25H2,1-2H3,(H,27,30). The number of aryl methyl sites for hydroxylation is 1. The Morgan fingerprint density at radius 3 is 2.75 bits per heavy atom. The van der Waals surface area contributed by atoms with Gasteiger partial charge in [-0.1, -0.05) is 12.1 Å². The van der Waals surface area contributed by atoms with Crippen LogP contribution >= 0.6 is 0 Å². The summed E-state index contributed by atoms with van der Waals surface area (Å²) in [5.74, 6) is 0.786. The highest BCUT2D eigenvalue weighted by molar-refractivity contribution is 6.00. The third-order valence-electron chi connectivity index (χ3n) is 4.93. The monoisotopic (exact) mass is 433 g/mol. The van der Waals surface area contributed by atoms with Crippen LogP contribution in [0.3, 0.4) is 0 Å². The van der Waals surface area contributed by atoms with Gasteiger partial charge in [0, 0.05) is 48.1 Å². The number of aromatic amines is 1. The Hall–Kier alpha value is -3.94. The van der Waals surface area contributed by atoms with E-state index in [1.165, 1.54) is 0 Å². The van der Waals surface area contributed by atoms with Crippen molar-refractivity contribution in [3.63, 3.8) is 0 Å². The van der Waals surface area contributed by atoms with Gasteiger partial charge in [0.2, 0.25) is 0 Å². The van der Waals surface area contributed by atoms with E-state index in [0.29, 0.717) is 18.0 Å². The van der Waals surface area contributed by atoms with E-state index in [9.17, 15) is 4.79 Å². The minimum Gasteiger partial charge on any atom is -0.493 e. The number of nitrogens with two attached hydrogens (primary N) is 1. The second kappa shape index (κ2) is 9.47. The molecule has 8 heteroatoms. The van der Waals surface area contributed by atoms with Crippen LogP contribution in [-0.2, 0) is 11.3 Å². The van der Waals surface area contributed by atoms with Crippen LogP contribution in [0, 0.1) is 0 Å². The molecule has 0 aliphatic heterocycles. The maximum absolute atomic E-state index is 11.8. The van der Waals surface area contributed by atoms with Crippen molar-refractivity contribution in [3.05, 3.63) is 60.9 Å². The van der Waals surface area contributed by atoms with Crippen LogP contribution in [0.4, 0.5) is 16.2 Å². The second-order valence-corrected chi connectivity index (χ2v) is 7.75. The van der Waals surface area contributed by atoms with Crippen LogP contribution in [0.25, 0.3) is 22.2 Å². The predicted molar refractivity (Wildman–Crippen MR) is 126 cm³/mol. The summed E-state index contributed by atoms with van der Waals surface area (Å²) < 4.78 is 12.9. The van der Waals surface area contributed by atoms with Gasteiger partial charge < -0.3 is 20.2 Å². The Bertz CT molecular complexity index is 1180. The SMILES string of the molecule is CC(C)OC(=O)Nc1ccc(-c2[nH]c3cc(OCCCn4cccn4)ccc3c2N)cc1. The van der Waals surface area contributed by atoms with E-state index in [1.54, 1.807) is 20.0 Å². The van der Waals surface area contributed by atoms with Gasteiger partial charge in [-0.25, -0.2) is 4.79 Å². The third-order valence-corrected chi connectivity index (χ3v) is 4.93. The molecule has 2 heterocycles. The number of ether oxygens (including phenoxy) is 2. The van der Waals surface area contributed by atoms with Gasteiger partial charge in [-0.3, -0.25) is 10.00 Å². The zero-order chi connectivity index (χ0) is 22.5. The van der Waals surface area contributed by atoms with Crippen LogP contribution in [-0.4, -0.2) is 33.6 Å². The molecule has 2 aromatic heterocycles. The molecule has 2 aromatic carbocycles. The number of anilines is 2. The molecular weight excluding hydrogens is 406 g/mol. The number of rotatable bonds is 8. The molecule has 0 bridgehead atoms. The normalized spacial score (nSPS) is 11.1. The topological polar surface area (TPSA) is 107 Å². The Morgan fingerprint density at radius 2 is 2.03 bits per heavy atom. The number of nitrogens with one attached hydrogen (secondary N) is 2. The van der Waals surface area contributed by atoms with Crippen molar-refractivity contribution < 1.29 is 14.3 Å². The van der Waals surface area contributed by atoms with E-state index >= 15 is 0 Å². The zero-order valence-corrected chi connectivity index (χ0v) is 18.2. The molecule has 1 amide bonds. The highest BCUT2D eigenvalue weighted by atomic mass is 16.6. The molecule has 4 rings (SSSR count). The molecule has 0 aliphatic carbocycles. The van der Waals surface area contributed by atoms with Crippen LogP contribution in [0.5, 0.6) is 5.75 Å². The number of nitrogens with zero attached hydrogens (tertiary/aromatic N) is 2. The zero-order valence-electron chi connectivity index (χ0n) is 18.2. The van der Waals surface area contributed by atoms with Crippen molar-refractivity contribution in [2.24, 2.45) is 0 Å². The van der Waals surface area contributed by atoms with E-state index in [-0.39, 0.29) is 6.10 Å². The average Bonchev–Trinajstić information content (AvgIpc) is 3.39. The summed E-state index contributed by atoms with van der Waals surface area (Å²) in [5, 5.41) is 7.83. The smallest absolute Gasteiger partial charge is 0.411 e. The summed E-state index contributed by atoms with van der Waals surface area (Å²) in [4.78, 5) is 15.1. The predicted octanol–water partition coefficient (Wildman–Crippen LogP) is 5.04. The molecule has 0 atom stereocenters. The van der Waals surface area contributed by atoms with E-state index in [1.807, 2.05) is 59.4 Å². The highest BCUT2D eigenvalue weighted by Gasteiger charge is 2.12. The van der Waals surface area contributed by atoms with Gasteiger partial charge in [0.25, 0.3) is 0 Å². The first-order valence-corrected chi connectivity index (χ1v) is 10.6.